The third-order valence-electron chi connectivity index (χ3n) is 4.96. The summed E-state index contributed by atoms with van der Waals surface area (Å²) < 4.78 is 17.9. The van der Waals surface area contributed by atoms with Crippen molar-refractivity contribution in [1.82, 2.24) is 20.0 Å². The average Bonchev–Trinajstić information content (AvgIpc) is 3.46. The van der Waals surface area contributed by atoms with Crippen LogP contribution in [0.25, 0.3) is 16.6 Å². The Hall–Kier alpha value is -3.79. The lowest BCUT2D eigenvalue weighted by Crippen LogP contribution is -2.14. The van der Waals surface area contributed by atoms with Crippen LogP contribution in [0.15, 0.2) is 53.7 Å². The van der Waals surface area contributed by atoms with Crippen molar-refractivity contribution < 1.29 is 19.0 Å². The number of benzene rings is 2. The number of nitrogens with zero attached hydrogens (tertiary/aromatic N) is 4. The third-order valence-corrected chi connectivity index (χ3v) is 5.92. The fourth-order valence-corrected chi connectivity index (χ4v) is 4.20. The number of hydrogen-bond donors (Lipinski definition) is 1. The summed E-state index contributed by atoms with van der Waals surface area (Å²) in [5.41, 5.74) is 2.96. The van der Waals surface area contributed by atoms with E-state index in [1.54, 1.807) is 36.2 Å². The lowest BCUT2D eigenvalue weighted by molar-refractivity contribution is -0.113. The normalized spacial score (nSPS) is 12.2. The first-order valence-electron chi connectivity index (χ1n) is 9.81. The van der Waals surface area contributed by atoms with Crippen molar-refractivity contribution in [2.24, 2.45) is 0 Å². The second-order valence-corrected chi connectivity index (χ2v) is 7.95. The van der Waals surface area contributed by atoms with E-state index in [9.17, 15) is 4.79 Å². The molecular weight excluding hydrogens is 430 g/mol. The van der Waals surface area contributed by atoms with Gasteiger partial charge in [0.1, 0.15) is 22.0 Å². The standard InChI is InChI=1S/C22H19N5O4S/c1-13-15-10-23-27(16-5-3-4-6-17(16)29-2)21(15)22(26-25-13)32-11-20(28)24-14-7-8-18-19(9-14)31-12-30-18/h3-10H,11-12H2,1-2H3,(H,24,28). The molecule has 0 bridgehead atoms. The van der Waals surface area contributed by atoms with Crippen LogP contribution in [-0.4, -0.2) is 45.5 Å². The minimum Gasteiger partial charge on any atom is -0.494 e. The zero-order valence-corrected chi connectivity index (χ0v) is 18.2. The molecule has 9 nitrogen and oxygen atoms in total. The third kappa shape index (κ3) is 3.69. The van der Waals surface area contributed by atoms with E-state index in [2.05, 4.69) is 20.6 Å². The molecule has 162 valence electrons. The fourth-order valence-electron chi connectivity index (χ4n) is 3.43. The van der Waals surface area contributed by atoms with Gasteiger partial charge in [-0.05, 0) is 31.2 Å². The van der Waals surface area contributed by atoms with Crippen LogP contribution in [0, 0.1) is 6.92 Å². The Morgan fingerprint density at radius 3 is 2.91 bits per heavy atom. The molecule has 1 aliphatic rings. The number of aryl methyl sites for hydroxylation is 1. The molecule has 1 amide bonds. The highest BCUT2D eigenvalue weighted by Crippen LogP contribution is 2.35. The van der Waals surface area contributed by atoms with E-state index < -0.39 is 0 Å². The predicted molar refractivity (Wildman–Crippen MR) is 120 cm³/mol. The van der Waals surface area contributed by atoms with Crippen molar-refractivity contribution in [1.29, 1.82) is 0 Å². The van der Waals surface area contributed by atoms with Crippen LogP contribution in [0.4, 0.5) is 5.69 Å². The summed E-state index contributed by atoms with van der Waals surface area (Å²) in [6.07, 6.45) is 1.75. The van der Waals surface area contributed by atoms with Crippen LogP contribution < -0.4 is 19.5 Å². The number of para-hydroxylation sites is 2. The summed E-state index contributed by atoms with van der Waals surface area (Å²) in [5, 5.41) is 17.5. The Labute approximate surface area is 187 Å². The molecule has 3 heterocycles. The summed E-state index contributed by atoms with van der Waals surface area (Å²) in [6, 6.07) is 12.9. The molecule has 4 aromatic rings. The largest absolute Gasteiger partial charge is 0.494 e. The first-order chi connectivity index (χ1) is 15.6. The molecule has 2 aromatic heterocycles. The topological polar surface area (TPSA) is 100 Å². The van der Waals surface area contributed by atoms with Gasteiger partial charge in [0.25, 0.3) is 0 Å². The number of aromatic nitrogens is 4. The quantitative estimate of drug-likeness (QED) is 0.446. The molecule has 32 heavy (non-hydrogen) atoms. The number of amides is 1. The number of ether oxygens (including phenoxy) is 3. The van der Waals surface area contributed by atoms with E-state index in [0.29, 0.717) is 28.0 Å². The molecule has 0 aliphatic carbocycles. The van der Waals surface area contributed by atoms with Crippen molar-refractivity contribution in [3.8, 4) is 22.9 Å². The summed E-state index contributed by atoms with van der Waals surface area (Å²) in [7, 11) is 1.62. The van der Waals surface area contributed by atoms with Crippen molar-refractivity contribution in [3.05, 3.63) is 54.4 Å². The van der Waals surface area contributed by atoms with E-state index in [0.717, 1.165) is 22.3 Å². The molecule has 0 radical (unpaired) electrons. The van der Waals surface area contributed by atoms with E-state index in [1.165, 1.54) is 11.8 Å². The maximum Gasteiger partial charge on any atom is 0.234 e. The number of methoxy groups -OCH3 is 1. The monoisotopic (exact) mass is 449 g/mol. The van der Waals surface area contributed by atoms with Gasteiger partial charge < -0.3 is 19.5 Å². The van der Waals surface area contributed by atoms with E-state index in [-0.39, 0.29) is 18.5 Å². The molecule has 1 N–H and O–H groups in total. The molecule has 2 aromatic carbocycles. The van der Waals surface area contributed by atoms with Gasteiger partial charge in [-0.15, -0.1) is 5.10 Å². The minimum atomic E-state index is -0.173. The number of carbonyl (C=O) groups is 1. The fraction of sp³-hybridized carbons (Fsp3) is 0.182. The number of thioether (sulfide) groups is 1. The number of nitrogens with one attached hydrogen (secondary N) is 1. The van der Waals surface area contributed by atoms with Gasteiger partial charge in [-0.1, -0.05) is 23.9 Å². The number of fused-ring (bicyclic) bond motifs is 2. The zero-order valence-electron chi connectivity index (χ0n) is 17.4. The van der Waals surface area contributed by atoms with Crippen molar-refractivity contribution >= 4 is 34.3 Å². The average molecular weight is 449 g/mol. The predicted octanol–water partition coefficient (Wildman–Crippen LogP) is 3.59. The Balaban J connectivity index is 1.40. The van der Waals surface area contributed by atoms with Crippen LogP contribution in [0.1, 0.15) is 5.69 Å². The second kappa shape index (κ2) is 8.39. The lowest BCUT2D eigenvalue weighted by Gasteiger charge is -2.11. The number of anilines is 1. The van der Waals surface area contributed by atoms with E-state index >= 15 is 0 Å². The van der Waals surface area contributed by atoms with Crippen molar-refractivity contribution in [2.75, 3.05) is 25.0 Å². The van der Waals surface area contributed by atoms with Gasteiger partial charge in [-0.2, -0.15) is 10.2 Å². The molecule has 0 spiro atoms. The first-order valence-corrected chi connectivity index (χ1v) is 10.8. The van der Waals surface area contributed by atoms with E-state index in [1.807, 2.05) is 31.2 Å². The van der Waals surface area contributed by atoms with Gasteiger partial charge in [0.15, 0.2) is 11.5 Å². The lowest BCUT2D eigenvalue weighted by atomic mass is 10.2. The summed E-state index contributed by atoms with van der Waals surface area (Å²) in [6.45, 7) is 2.06. The Morgan fingerprint density at radius 2 is 2.03 bits per heavy atom. The zero-order chi connectivity index (χ0) is 22.1. The second-order valence-electron chi connectivity index (χ2n) is 6.99. The van der Waals surface area contributed by atoms with E-state index in [4.69, 9.17) is 14.2 Å². The molecule has 0 atom stereocenters. The van der Waals surface area contributed by atoms with Crippen molar-refractivity contribution in [3.63, 3.8) is 0 Å². The minimum absolute atomic E-state index is 0.151. The summed E-state index contributed by atoms with van der Waals surface area (Å²) in [4.78, 5) is 12.6. The first kappa shape index (κ1) is 20.1. The molecular formula is C22H19N5O4S. The highest BCUT2D eigenvalue weighted by Gasteiger charge is 2.19. The van der Waals surface area contributed by atoms with Gasteiger partial charge in [0.2, 0.25) is 12.7 Å². The van der Waals surface area contributed by atoms with Crippen molar-refractivity contribution in [2.45, 2.75) is 11.9 Å². The molecule has 0 saturated carbocycles. The Kier molecular flexibility index (Phi) is 5.28. The molecule has 0 saturated heterocycles. The maximum absolute atomic E-state index is 12.6. The highest BCUT2D eigenvalue weighted by molar-refractivity contribution is 8.00. The summed E-state index contributed by atoms with van der Waals surface area (Å²) >= 11 is 1.30. The number of carbonyl (C=O) groups excluding carboxylic acids is 1. The van der Waals surface area contributed by atoms with Gasteiger partial charge in [-0.25, -0.2) is 4.68 Å². The maximum atomic E-state index is 12.6. The molecule has 5 rings (SSSR count). The molecule has 1 aliphatic heterocycles. The highest BCUT2D eigenvalue weighted by atomic mass is 32.2. The Morgan fingerprint density at radius 1 is 1.19 bits per heavy atom. The van der Waals surface area contributed by atoms with Crippen LogP contribution >= 0.6 is 11.8 Å². The SMILES string of the molecule is COc1ccccc1-n1ncc2c(C)nnc(SCC(=O)Nc3ccc4c(c3)OCO4)c21. The van der Waals surface area contributed by atoms with Gasteiger partial charge in [0, 0.05) is 17.1 Å². The molecule has 0 unspecified atom stereocenters. The molecule has 0 fully saturated rings. The van der Waals surface area contributed by atoms with Crippen LogP contribution in [0.3, 0.4) is 0 Å². The van der Waals surface area contributed by atoms with Gasteiger partial charge >= 0.3 is 0 Å². The van der Waals surface area contributed by atoms with Crippen LogP contribution in [0.2, 0.25) is 0 Å². The van der Waals surface area contributed by atoms with Crippen LogP contribution in [-0.2, 0) is 4.79 Å². The summed E-state index contributed by atoms with van der Waals surface area (Å²) in [5.74, 6) is 1.94. The van der Waals surface area contributed by atoms with Gasteiger partial charge in [-0.3, -0.25) is 4.79 Å². The Bertz CT molecular complexity index is 1320. The number of rotatable bonds is 6. The number of hydrogen-bond acceptors (Lipinski definition) is 8. The van der Waals surface area contributed by atoms with Crippen LogP contribution in [0.5, 0.6) is 17.2 Å². The molecule has 10 heteroatoms. The van der Waals surface area contributed by atoms with Gasteiger partial charge in [0.05, 0.1) is 24.8 Å². The smallest absolute Gasteiger partial charge is 0.234 e.